The number of nitrogens with one attached hydrogen (secondary N) is 1. The number of nitrogens with zero attached hydrogens (tertiary/aromatic N) is 2. The summed E-state index contributed by atoms with van der Waals surface area (Å²) in [6.07, 6.45) is 1.41. The summed E-state index contributed by atoms with van der Waals surface area (Å²) in [6, 6.07) is 7.74. The third-order valence-electron chi connectivity index (χ3n) is 3.78. The number of rotatable bonds is 9. The smallest absolute Gasteiger partial charge is 0.163 e. The van der Waals surface area contributed by atoms with Gasteiger partial charge in [-0.25, -0.2) is 14.4 Å². The Morgan fingerprint density at radius 2 is 1.86 bits per heavy atom. The SMILES string of the molecule is COCCOc1cc2ncnc(Nc3ccc(F)c(Cl)c3)c2cc1OCCO. The number of fused-ring (bicyclic) bond motifs is 1. The molecule has 0 fully saturated rings. The van der Waals surface area contributed by atoms with Crippen LogP contribution in [-0.2, 0) is 4.74 Å². The second kappa shape index (κ2) is 9.50. The van der Waals surface area contributed by atoms with Crippen molar-refractivity contribution >= 4 is 34.0 Å². The Kier molecular flexibility index (Phi) is 6.80. The maximum Gasteiger partial charge on any atom is 0.163 e. The predicted molar refractivity (Wildman–Crippen MR) is 104 cm³/mol. The molecule has 0 atom stereocenters. The Labute approximate surface area is 166 Å². The van der Waals surface area contributed by atoms with Crippen LogP contribution in [0.3, 0.4) is 0 Å². The van der Waals surface area contributed by atoms with Crippen LogP contribution in [0.1, 0.15) is 0 Å². The van der Waals surface area contributed by atoms with E-state index in [1.807, 2.05) is 0 Å². The fourth-order valence-corrected chi connectivity index (χ4v) is 2.67. The van der Waals surface area contributed by atoms with Crippen LogP contribution < -0.4 is 14.8 Å². The van der Waals surface area contributed by atoms with Gasteiger partial charge in [-0.2, -0.15) is 0 Å². The van der Waals surface area contributed by atoms with Crippen LogP contribution in [-0.4, -0.2) is 48.6 Å². The number of hydrogen-bond acceptors (Lipinski definition) is 7. The highest BCUT2D eigenvalue weighted by Crippen LogP contribution is 2.35. The Hall–Kier alpha value is -2.68. The molecule has 9 heteroatoms. The average molecular weight is 408 g/mol. The summed E-state index contributed by atoms with van der Waals surface area (Å²) >= 11 is 5.84. The van der Waals surface area contributed by atoms with E-state index in [2.05, 4.69) is 15.3 Å². The number of hydrogen-bond donors (Lipinski definition) is 2. The van der Waals surface area contributed by atoms with E-state index < -0.39 is 5.82 Å². The molecule has 0 amide bonds. The topological polar surface area (TPSA) is 85.7 Å². The minimum Gasteiger partial charge on any atom is -0.487 e. The van der Waals surface area contributed by atoms with E-state index in [0.29, 0.717) is 47.1 Å². The molecule has 0 saturated carbocycles. The predicted octanol–water partition coefficient (Wildman–Crippen LogP) is 3.56. The molecule has 0 aliphatic rings. The number of anilines is 2. The molecule has 0 unspecified atom stereocenters. The number of ether oxygens (including phenoxy) is 3. The van der Waals surface area contributed by atoms with Gasteiger partial charge in [-0.3, -0.25) is 0 Å². The summed E-state index contributed by atoms with van der Waals surface area (Å²) in [5.41, 5.74) is 1.19. The quantitative estimate of drug-likeness (QED) is 0.524. The highest BCUT2D eigenvalue weighted by atomic mass is 35.5. The van der Waals surface area contributed by atoms with Crippen LogP contribution >= 0.6 is 11.6 Å². The molecule has 1 aromatic heterocycles. The van der Waals surface area contributed by atoms with Crippen molar-refractivity contribution in [1.29, 1.82) is 0 Å². The van der Waals surface area contributed by atoms with E-state index in [1.165, 1.54) is 18.5 Å². The normalized spacial score (nSPS) is 10.9. The summed E-state index contributed by atoms with van der Waals surface area (Å²) in [4.78, 5) is 8.53. The molecule has 0 spiro atoms. The third kappa shape index (κ3) is 4.78. The number of halogens is 2. The largest absolute Gasteiger partial charge is 0.487 e. The maximum atomic E-state index is 13.4. The molecule has 2 N–H and O–H groups in total. The minimum absolute atomic E-state index is 0.00385. The number of benzene rings is 2. The lowest BCUT2D eigenvalue weighted by molar-refractivity contribution is 0.141. The molecule has 1 heterocycles. The van der Waals surface area contributed by atoms with Crippen molar-refractivity contribution in [2.45, 2.75) is 0 Å². The Morgan fingerprint density at radius 3 is 2.61 bits per heavy atom. The van der Waals surface area contributed by atoms with Gasteiger partial charge in [0.25, 0.3) is 0 Å². The van der Waals surface area contributed by atoms with E-state index in [-0.39, 0.29) is 18.2 Å². The molecule has 148 valence electrons. The molecule has 0 radical (unpaired) electrons. The monoisotopic (exact) mass is 407 g/mol. The first-order valence-corrected chi connectivity index (χ1v) is 8.86. The average Bonchev–Trinajstić information content (AvgIpc) is 2.69. The standard InChI is InChI=1S/C19H19ClFN3O4/c1-26-6-7-28-18-10-16-13(9-17(18)27-5-4-25)19(23-11-22-16)24-12-2-3-15(21)14(20)8-12/h2-3,8-11,25H,4-7H2,1H3,(H,22,23,24). The van der Waals surface area contributed by atoms with Crippen LogP contribution in [0, 0.1) is 5.82 Å². The summed E-state index contributed by atoms with van der Waals surface area (Å²) in [5.74, 6) is 0.905. The highest BCUT2D eigenvalue weighted by Gasteiger charge is 2.13. The van der Waals surface area contributed by atoms with Gasteiger partial charge in [-0.1, -0.05) is 11.6 Å². The molecule has 3 aromatic rings. The molecule has 0 saturated heterocycles. The second-order valence-corrected chi connectivity index (χ2v) is 6.11. The van der Waals surface area contributed by atoms with Crippen molar-refractivity contribution in [3.8, 4) is 11.5 Å². The van der Waals surface area contributed by atoms with Crippen LogP contribution in [0.4, 0.5) is 15.9 Å². The number of methoxy groups -OCH3 is 1. The van der Waals surface area contributed by atoms with Gasteiger partial charge < -0.3 is 24.6 Å². The number of aliphatic hydroxyl groups excluding tert-OH is 1. The van der Waals surface area contributed by atoms with Crippen molar-refractivity contribution in [3.05, 3.63) is 47.5 Å². The number of aliphatic hydroxyl groups is 1. The van der Waals surface area contributed by atoms with Gasteiger partial charge in [0.1, 0.15) is 31.2 Å². The Balaban J connectivity index is 1.97. The van der Waals surface area contributed by atoms with Crippen molar-refractivity contribution in [1.82, 2.24) is 9.97 Å². The molecule has 7 nitrogen and oxygen atoms in total. The van der Waals surface area contributed by atoms with Crippen molar-refractivity contribution in [2.24, 2.45) is 0 Å². The molecule has 0 aliphatic carbocycles. The van der Waals surface area contributed by atoms with E-state index in [0.717, 1.165) is 0 Å². The molecular formula is C19H19ClFN3O4. The Bertz CT molecular complexity index is 958. The number of aromatic nitrogens is 2. The lowest BCUT2D eigenvalue weighted by atomic mass is 10.2. The fraction of sp³-hybridized carbons (Fsp3) is 0.263. The van der Waals surface area contributed by atoms with E-state index in [4.69, 9.17) is 30.9 Å². The zero-order chi connectivity index (χ0) is 19.9. The van der Waals surface area contributed by atoms with Gasteiger partial charge >= 0.3 is 0 Å². The van der Waals surface area contributed by atoms with Crippen molar-refractivity contribution in [2.75, 3.05) is 38.9 Å². The van der Waals surface area contributed by atoms with Crippen LogP contribution in [0.5, 0.6) is 11.5 Å². The molecule has 0 aliphatic heterocycles. The van der Waals surface area contributed by atoms with E-state index in [9.17, 15) is 4.39 Å². The summed E-state index contributed by atoms with van der Waals surface area (Å²) < 4.78 is 29.7. The zero-order valence-corrected chi connectivity index (χ0v) is 15.9. The van der Waals surface area contributed by atoms with Gasteiger partial charge in [-0.05, 0) is 24.3 Å². The van der Waals surface area contributed by atoms with E-state index >= 15 is 0 Å². The minimum atomic E-state index is -0.502. The summed E-state index contributed by atoms with van der Waals surface area (Å²) in [6.45, 7) is 0.720. The summed E-state index contributed by atoms with van der Waals surface area (Å²) in [5, 5.41) is 12.8. The van der Waals surface area contributed by atoms with Crippen molar-refractivity contribution in [3.63, 3.8) is 0 Å². The van der Waals surface area contributed by atoms with Gasteiger partial charge in [0, 0.05) is 24.2 Å². The molecule has 0 bridgehead atoms. The fourth-order valence-electron chi connectivity index (χ4n) is 2.49. The maximum absolute atomic E-state index is 13.4. The first-order chi connectivity index (χ1) is 13.6. The first-order valence-electron chi connectivity index (χ1n) is 8.48. The highest BCUT2D eigenvalue weighted by molar-refractivity contribution is 6.31. The van der Waals surface area contributed by atoms with Gasteiger partial charge in [0.2, 0.25) is 0 Å². The van der Waals surface area contributed by atoms with Gasteiger partial charge in [0.15, 0.2) is 11.5 Å². The first kappa shape index (κ1) is 20.1. The third-order valence-corrected chi connectivity index (χ3v) is 4.07. The summed E-state index contributed by atoms with van der Waals surface area (Å²) in [7, 11) is 1.58. The molecule has 28 heavy (non-hydrogen) atoms. The van der Waals surface area contributed by atoms with Crippen LogP contribution in [0.25, 0.3) is 10.9 Å². The lowest BCUT2D eigenvalue weighted by Crippen LogP contribution is -2.08. The second-order valence-electron chi connectivity index (χ2n) is 5.71. The van der Waals surface area contributed by atoms with Gasteiger partial charge in [0.05, 0.1) is 23.8 Å². The molecular weight excluding hydrogens is 389 g/mol. The van der Waals surface area contributed by atoms with E-state index in [1.54, 1.807) is 25.3 Å². The Morgan fingerprint density at radius 1 is 1.07 bits per heavy atom. The lowest BCUT2D eigenvalue weighted by Gasteiger charge is -2.15. The molecule has 2 aromatic carbocycles. The van der Waals surface area contributed by atoms with Crippen molar-refractivity contribution < 1.29 is 23.7 Å². The zero-order valence-electron chi connectivity index (χ0n) is 15.1. The van der Waals surface area contributed by atoms with Gasteiger partial charge in [-0.15, -0.1) is 0 Å². The van der Waals surface area contributed by atoms with Crippen LogP contribution in [0.15, 0.2) is 36.7 Å². The molecule has 3 rings (SSSR count). The van der Waals surface area contributed by atoms with Crippen LogP contribution in [0.2, 0.25) is 5.02 Å².